The fourth-order valence-electron chi connectivity index (χ4n) is 2.27. The summed E-state index contributed by atoms with van der Waals surface area (Å²) in [6, 6.07) is 9.22. The predicted octanol–water partition coefficient (Wildman–Crippen LogP) is -0.276. The highest BCUT2D eigenvalue weighted by Crippen LogP contribution is 2.16. The summed E-state index contributed by atoms with van der Waals surface area (Å²) in [7, 11) is 0. The van der Waals surface area contributed by atoms with Crippen LogP contribution in [0.25, 0.3) is 0 Å². The molecule has 0 saturated carbocycles. The van der Waals surface area contributed by atoms with Gasteiger partial charge >= 0.3 is 6.09 Å². The number of aliphatic hydroxyl groups excluding tert-OH is 2. The number of aliphatic hydroxyl groups is 2. The van der Waals surface area contributed by atoms with Gasteiger partial charge in [0.15, 0.2) is 0 Å². The number of nitrogens with one attached hydrogen (secondary N) is 1. The Hall–Kier alpha value is -2.12. The zero-order chi connectivity index (χ0) is 15.9. The molecule has 0 bridgehead atoms. The van der Waals surface area contributed by atoms with Gasteiger partial charge in [-0.1, -0.05) is 30.3 Å². The van der Waals surface area contributed by atoms with Gasteiger partial charge in [0.25, 0.3) is 0 Å². The number of alkyl carbamates (subject to hydrolysis) is 1. The van der Waals surface area contributed by atoms with Crippen molar-refractivity contribution in [3.63, 3.8) is 0 Å². The molecule has 22 heavy (non-hydrogen) atoms. The second kappa shape index (κ2) is 7.77. The topological polar surface area (TPSA) is 99.1 Å². The quantitative estimate of drug-likeness (QED) is 0.695. The number of nitrogens with zero attached hydrogens (tertiary/aromatic N) is 1. The fraction of sp³-hybridized carbons (Fsp3) is 0.467. The Bertz CT molecular complexity index is 508. The van der Waals surface area contributed by atoms with E-state index >= 15 is 0 Å². The van der Waals surface area contributed by atoms with Crippen LogP contribution >= 0.6 is 0 Å². The Morgan fingerprint density at radius 2 is 2.00 bits per heavy atom. The highest BCUT2D eigenvalue weighted by atomic mass is 16.5. The molecule has 0 radical (unpaired) electrons. The number of β-amino-alcohol motifs (C(OH)–C–C–N with tert-alkyl or cyclic N) is 1. The van der Waals surface area contributed by atoms with Crippen LogP contribution < -0.4 is 5.32 Å². The summed E-state index contributed by atoms with van der Waals surface area (Å²) in [6.45, 7) is 0.230. The first kappa shape index (κ1) is 16.3. The minimum atomic E-state index is -0.723. The van der Waals surface area contributed by atoms with Crippen molar-refractivity contribution in [3.8, 4) is 0 Å². The molecule has 1 aromatic rings. The Morgan fingerprint density at radius 3 is 2.64 bits per heavy atom. The molecule has 1 saturated heterocycles. The van der Waals surface area contributed by atoms with Gasteiger partial charge in [-0.3, -0.25) is 4.79 Å². The van der Waals surface area contributed by atoms with Crippen LogP contribution in [0, 0.1) is 5.92 Å². The maximum absolute atomic E-state index is 11.9. The first-order valence-corrected chi connectivity index (χ1v) is 7.11. The molecule has 1 aromatic carbocycles. The van der Waals surface area contributed by atoms with Crippen molar-refractivity contribution in [1.29, 1.82) is 0 Å². The van der Waals surface area contributed by atoms with Crippen LogP contribution in [0.5, 0.6) is 0 Å². The fourth-order valence-corrected chi connectivity index (χ4v) is 2.27. The highest BCUT2D eigenvalue weighted by Gasteiger charge is 2.33. The maximum Gasteiger partial charge on any atom is 0.407 e. The van der Waals surface area contributed by atoms with Crippen molar-refractivity contribution in [1.82, 2.24) is 10.2 Å². The Balaban J connectivity index is 1.69. The molecule has 2 amide bonds. The standard InChI is InChI=1S/C15H20N2O5/c18-9-12-7-17(8-13(12)19)14(20)6-16-15(21)22-10-11-4-2-1-3-5-11/h1-5,12-13,18-19H,6-10H2,(H,16,21). The van der Waals surface area contributed by atoms with Gasteiger partial charge in [-0.25, -0.2) is 4.79 Å². The smallest absolute Gasteiger partial charge is 0.407 e. The number of hydrogen-bond acceptors (Lipinski definition) is 5. The second-order valence-electron chi connectivity index (χ2n) is 5.22. The summed E-state index contributed by atoms with van der Waals surface area (Å²) in [5, 5.41) is 21.1. The summed E-state index contributed by atoms with van der Waals surface area (Å²) < 4.78 is 4.99. The number of rotatable bonds is 5. The van der Waals surface area contributed by atoms with Crippen molar-refractivity contribution < 1.29 is 24.5 Å². The predicted molar refractivity (Wildman–Crippen MR) is 77.8 cm³/mol. The molecule has 0 spiro atoms. The lowest BCUT2D eigenvalue weighted by Crippen LogP contribution is -2.39. The van der Waals surface area contributed by atoms with E-state index in [1.54, 1.807) is 0 Å². The molecule has 120 valence electrons. The zero-order valence-corrected chi connectivity index (χ0v) is 12.1. The molecule has 3 N–H and O–H groups in total. The summed E-state index contributed by atoms with van der Waals surface area (Å²) in [6.07, 6.45) is -1.39. The Morgan fingerprint density at radius 1 is 1.27 bits per heavy atom. The van der Waals surface area contributed by atoms with Gasteiger partial charge in [0.2, 0.25) is 5.91 Å². The van der Waals surface area contributed by atoms with Crippen LogP contribution in [0.4, 0.5) is 4.79 Å². The number of likely N-dealkylation sites (tertiary alicyclic amines) is 1. The maximum atomic E-state index is 11.9. The van der Waals surface area contributed by atoms with Crippen molar-refractivity contribution in [2.45, 2.75) is 12.7 Å². The van der Waals surface area contributed by atoms with Crippen molar-refractivity contribution in [2.24, 2.45) is 5.92 Å². The van der Waals surface area contributed by atoms with Crippen LogP contribution in [0.3, 0.4) is 0 Å². The number of amides is 2. The van der Waals surface area contributed by atoms with Crippen LogP contribution in [-0.2, 0) is 16.1 Å². The van der Waals surface area contributed by atoms with Gasteiger partial charge in [-0.05, 0) is 5.56 Å². The minimum Gasteiger partial charge on any atom is -0.445 e. The monoisotopic (exact) mass is 308 g/mol. The molecule has 1 heterocycles. The third-order valence-corrected chi connectivity index (χ3v) is 3.59. The van der Waals surface area contributed by atoms with Gasteiger partial charge in [-0.2, -0.15) is 0 Å². The summed E-state index contributed by atoms with van der Waals surface area (Å²) in [5.74, 6) is -0.638. The molecule has 1 fully saturated rings. The van der Waals surface area contributed by atoms with E-state index in [9.17, 15) is 14.7 Å². The zero-order valence-electron chi connectivity index (χ0n) is 12.1. The first-order valence-electron chi connectivity index (χ1n) is 7.11. The average Bonchev–Trinajstić information content (AvgIpc) is 2.92. The Kier molecular flexibility index (Phi) is 5.74. The number of carbonyl (C=O) groups excluding carboxylic acids is 2. The van der Waals surface area contributed by atoms with E-state index in [0.29, 0.717) is 0 Å². The second-order valence-corrected chi connectivity index (χ2v) is 5.22. The molecule has 0 aliphatic carbocycles. The average molecular weight is 308 g/mol. The third kappa shape index (κ3) is 4.44. The van der Waals surface area contributed by atoms with E-state index in [0.717, 1.165) is 5.56 Å². The van der Waals surface area contributed by atoms with E-state index in [-0.39, 0.29) is 44.7 Å². The molecule has 1 aliphatic rings. The number of ether oxygens (including phenoxy) is 1. The van der Waals surface area contributed by atoms with E-state index in [1.165, 1.54) is 4.90 Å². The van der Waals surface area contributed by atoms with Gasteiger partial charge in [0.05, 0.1) is 12.7 Å². The van der Waals surface area contributed by atoms with E-state index in [1.807, 2.05) is 30.3 Å². The molecule has 1 aliphatic heterocycles. The molecule has 2 atom stereocenters. The Labute approximate surface area is 128 Å². The largest absolute Gasteiger partial charge is 0.445 e. The third-order valence-electron chi connectivity index (χ3n) is 3.59. The molecule has 7 nitrogen and oxygen atoms in total. The minimum absolute atomic E-state index is 0.135. The van der Waals surface area contributed by atoms with Gasteiger partial charge in [-0.15, -0.1) is 0 Å². The highest BCUT2D eigenvalue weighted by molar-refractivity contribution is 5.82. The molecular weight excluding hydrogens is 288 g/mol. The summed E-state index contributed by atoms with van der Waals surface area (Å²) in [4.78, 5) is 24.8. The number of carbonyl (C=O) groups is 2. The first-order chi connectivity index (χ1) is 10.6. The normalized spacial score (nSPS) is 20.7. The van der Waals surface area contributed by atoms with Gasteiger partial charge < -0.3 is 25.2 Å². The van der Waals surface area contributed by atoms with Gasteiger partial charge in [0.1, 0.15) is 13.2 Å². The SMILES string of the molecule is O=C(NCC(=O)N1CC(O)C(CO)C1)OCc1ccccc1. The van der Waals surface area contributed by atoms with Crippen molar-refractivity contribution >= 4 is 12.0 Å². The molecule has 7 heteroatoms. The van der Waals surface area contributed by atoms with Crippen LogP contribution in [-0.4, -0.2) is 59.5 Å². The summed E-state index contributed by atoms with van der Waals surface area (Å²) in [5.41, 5.74) is 0.859. The van der Waals surface area contributed by atoms with E-state index in [4.69, 9.17) is 9.84 Å². The number of hydrogen-bond donors (Lipinski definition) is 3. The molecule has 2 unspecified atom stereocenters. The molecular formula is C15H20N2O5. The van der Waals surface area contributed by atoms with Crippen molar-refractivity contribution in [2.75, 3.05) is 26.2 Å². The van der Waals surface area contributed by atoms with Crippen LogP contribution in [0.15, 0.2) is 30.3 Å². The molecule has 0 aromatic heterocycles. The van der Waals surface area contributed by atoms with E-state index in [2.05, 4.69) is 5.32 Å². The number of benzene rings is 1. The molecule has 2 rings (SSSR count). The lowest BCUT2D eigenvalue weighted by Gasteiger charge is -2.16. The van der Waals surface area contributed by atoms with Gasteiger partial charge in [0, 0.05) is 19.0 Å². The van der Waals surface area contributed by atoms with E-state index < -0.39 is 12.2 Å². The lowest BCUT2D eigenvalue weighted by atomic mass is 10.1. The lowest BCUT2D eigenvalue weighted by molar-refractivity contribution is -0.129. The van der Waals surface area contributed by atoms with Crippen LogP contribution in [0.2, 0.25) is 0 Å². The van der Waals surface area contributed by atoms with Crippen molar-refractivity contribution in [3.05, 3.63) is 35.9 Å². The van der Waals surface area contributed by atoms with Crippen LogP contribution in [0.1, 0.15) is 5.56 Å². The summed E-state index contributed by atoms with van der Waals surface area (Å²) >= 11 is 0.